The summed E-state index contributed by atoms with van der Waals surface area (Å²) in [6, 6.07) is 0. The highest BCUT2D eigenvalue weighted by molar-refractivity contribution is 5.76. The Kier molecular flexibility index (Phi) is 0.888. The summed E-state index contributed by atoms with van der Waals surface area (Å²) in [7, 11) is 0. The highest BCUT2D eigenvalue weighted by atomic mass is 16.5. The van der Waals surface area contributed by atoms with Crippen molar-refractivity contribution in [2.75, 3.05) is 6.61 Å². The largest absolute Gasteiger partial charge is 0.465 e. The summed E-state index contributed by atoms with van der Waals surface area (Å²) in [6.45, 7) is 0.676. The summed E-state index contributed by atoms with van der Waals surface area (Å²) in [4.78, 5) is 11.2. The second kappa shape index (κ2) is 1.68. The smallest absolute Gasteiger partial charge is 0.309 e. The van der Waals surface area contributed by atoms with E-state index in [4.69, 9.17) is 4.74 Å². The number of cyclic esters (lactones) is 1. The monoisotopic (exact) mass is 150 g/mol. The fourth-order valence-corrected chi connectivity index (χ4v) is 2.78. The molecular formula is C9H10O2. The topological polar surface area (TPSA) is 26.3 Å². The number of fused-ring (bicyclic) bond motifs is 5. The normalized spacial score (nSPS) is 51.5. The zero-order valence-electron chi connectivity index (χ0n) is 6.19. The second-order valence-corrected chi connectivity index (χ2v) is 3.77. The van der Waals surface area contributed by atoms with E-state index in [2.05, 4.69) is 12.2 Å². The number of hydrogen-bond acceptors (Lipinski definition) is 2. The summed E-state index contributed by atoms with van der Waals surface area (Å²) >= 11 is 0. The van der Waals surface area contributed by atoms with E-state index in [9.17, 15) is 4.79 Å². The standard InChI is InChI=1S/C9H10O2/c10-9-8-6-2-1-5(3-6)7(8)4-11-9/h1-2,5-8H,3-4H2/t5?,6?,7-,8+/m0/s1. The van der Waals surface area contributed by atoms with E-state index in [0.717, 1.165) is 0 Å². The van der Waals surface area contributed by atoms with Crippen LogP contribution in [0, 0.1) is 23.7 Å². The highest BCUT2D eigenvalue weighted by Gasteiger charge is 2.52. The first-order chi connectivity index (χ1) is 5.36. The molecular weight excluding hydrogens is 140 g/mol. The number of esters is 1. The van der Waals surface area contributed by atoms with Crippen molar-refractivity contribution in [3.05, 3.63) is 12.2 Å². The van der Waals surface area contributed by atoms with Crippen molar-refractivity contribution in [2.24, 2.45) is 23.7 Å². The average molecular weight is 150 g/mol. The maximum absolute atomic E-state index is 11.2. The molecule has 11 heavy (non-hydrogen) atoms. The maximum Gasteiger partial charge on any atom is 0.309 e. The molecule has 2 unspecified atom stereocenters. The van der Waals surface area contributed by atoms with Gasteiger partial charge in [0.15, 0.2) is 0 Å². The van der Waals surface area contributed by atoms with Crippen molar-refractivity contribution in [3.8, 4) is 0 Å². The van der Waals surface area contributed by atoms with Gasteiger partial charge in [-0.15, -0.1) is 0 Å². The minimum atomic E-state index is 0.0480. The van der Waals surface area contributed by atoms with Gasteiger partial charge in [-0.05, 0) is 18.3 Å². The lowest BCUT2D eigenvalue weighted by Crippen LogP contribution is -2.19. The fourth-order valence-electron chi connectivity index (χ4n) is 2.78. The number of hydrogen-bond donors (Lipinski definition) is 0. The molecule has 2 bridgehead atoms. The van der Waals surface area contributed by atoms with Gasteiger partial charge in [0.2, 0.25) is 0 Å². The van der Waals surface area contributed by atoms with Gasteiger partial charge in [0.25, 0.3) is 0 Å². The molecule has 58 valence electrons. The lowest BCUT2D eigenvalue weighted by molar-refractivity contribution is -0.142. The molecule has 2 aliphatic carbocycles. The Hall–Kier alpha value is -0.790. The molecule has 0 radical (unpaired) electrons. The summed E-state index contributed by atoms with van der Waals surface area (Å²) < 4.78 is 5.02. The molecule has 2 heteroatoms. The number of rotatable bonds is 0. The molecule has 2 fully saturated rings. The van der Waals surface area contributed by atoms with Crippen LogP contribution in [-0.4, -0.2) is 12.6 Å². The van der Waals surface area contributed by atoms with E-state index < -0.39 is 0 Å². The Bertz CT molecular complexity index is 244. The van der Waals surface area contributed by atoms with Crippen LogP contribution < -0.4 is 0 Å². The number of allylic oxidation sites excluding steroid dienone is 2. The van der Waals surface area contributed by atoms with Crippen LogP contribution in [0.2, 0.25) is 0 Å². The Morgan fingerprint density at radius 2 is 2.18 bits per heavy atom. The van der Waals surface area contributed by atoms with Gasteiger partial charge >= 0.3 is 5.97 Å². The quantitative estimate of drug-likeness (QED) is 0.380. The minimum Gasteiger partial charge on any atom is -0.465 e. The summed E-state index contributed by atoms with van der Waals surface area (Å²) in [5, 5.41) is 0. The molecule has 2 nitrogen and oxygen atoms in total. The van der Waals surface area contributed by atoms with Crippen LogP contribution >= 0.6 is 0 Å². The Morgan fingerprint density at radius 1 is 1.36 bits per heavy atom. The summed E-state index contributed by atoms with van der Waals surface area (Å²) in [5.74, 6) is 1.96. The first kappa shape index (κ1) is 5.81. The van der Waals surface area contributed by atoms with Crippen LogP contribution in [-0.2, 0) is 9.53 Å². The van der Waals surface area contributed by atoms with Crippen LogP contribution in [0.15, 0.2) is 12.2 Å². The molecule has 0 aromatic heterocycles. The average Bonchev–Trinajstić information content (AvgIpc) is 2.60. The van der Waals surface area contributed by atoms with Crippen molar-refractivity contribution in [3.63, 3.8) is 0 Å². The molecule has 0 aromatic rings. The van der Waals surface area contributed by atoms with Gasteiger partial charge in [0, 0.05) is 5.92 Å². The lowest BCUT2D eigenvalue weighted by atomic mass is 9.86. The third-order valence-corrected chi connectivity index (χ3v) is 3.31. The van der Waals surface area contributed by atoms with E-state index in [1.807, 2.05) is 0 Å². The zero-order valence-corrected chi connectivity index (χ0v) is 6.19. The first-order valence-electron chi connectivity index (χ1n) is 4.21. The number of carbonyl (C=O) groups is 1. The number of carbonyl (C=O) groups excluding carboxylic acids is 1. The van der Waals surface area contributed by atoms with Crippen LogP contribution in [0.4, 0.5) is 0 Å². The van der Waals surface area contributed by atoms with Crippen molar-refractivity contribution in [1.29, 1.82) is 0 Å². The molecule has 0 spiro atoms. The van der Waals surface area contributed by atoms with E-state index >= 15 is 0 Å². The van der Waals surface area contributed by atoms with E-state index in [-0.39, 0.29) is 11.9 Å². The Morgan fingerprint density at radius 3 is 3.00 bits per heavy atom. The molecule has 0 amide bonds. The first-order valence-corrected chi connectivity index (χ1v) is 4.21. The van der Waals surface area contributed by atoms with Gasteiger partial charge in [0.1, 0.15) is 0 Å². The van der Waals surface area contributed by atoms with Gasteiger partial charge in [-0.1, -0.05) is 12.2 Å². The molecule has 1 aliphatic heterocycles. The van der Waals surface area contributed by atoms with Gasteiger partial charge in [0.05, 0.1) is 12.5 Å². The molecule has 0 N–H and O–H groups in total. The maximum atomic E-state index is 11.2. The van der Waals surface area contributed by atoms with Crippen molar-refractivity contribution < 1.29 is 9.53 Å². The third-order valence-electron chi connectivity index (χ3n) is 3.31. The van der Waals surface area contributed by atoms with Crippen molar-refractivity contribution in [1.82, 2.24) is 0 Å². The lowest BCUT2D eigenvalue weighted by Gasteiger charge is -2.14. The summed E-state index contributed by atoms with van der Waals surface area (Å²) in [6.07, 6.45) is 5.65. The van der Waals surface area contributed by atoms with Gasteiger partial charge in [-0.3, -0.25) is 4.79 Å². The molecule has 1 saturated heterocycles. The molecule has 1 saturated carbocycles. The minimum absolute atomic E-state index is 0.0480. The highest BCUT2D eigenvalue weighted by Crippen LogP contribution is 2.50. The van der Waals surface area contributed by atoms with Crippen LogP contribution in [0.1, 0.15) is 6.42 Å². The second-order valence-electron chi connectivity index (χ2n) is 3.77. The zero-order chi connectivity index (χ0) is 7.42. The summed E-state index contributed by atoms with van der Waals surface area (Å²) in [5.41, 5.74) is 0. The van der Waals surface area contributed by atoms with Crippen molar-refractivity contribution in [2.45, 2.75) is 6.42 Å². The van der Waals surface area contributed by atoms with Gasteiger partial charge < -0.3 is 4.74 Å². The van der Waals surface area contributed by atoms with Crippen LogP contribution in [0.5, 0.6) is 0 Å². The Labute approximate surface area is 65.2 Å². The van der Waals surface area contributed by atoms with Gasteiger partial charge in [-0.25, -0.2) is 0 Å². The molecule has 3 aliphatic rings. The predicted octanol–water partition coefficient (Wildman–Crippen LogP) is 0.982. The van der Waals surface area contributed by atoms with Gasteiger partial charge in [-0.2, -0.15) is 0 Å². The number of ether oxygens (including phenoxy) is 1. The SMILES string of the molecule is O=C1OC[C@H]2C3C=CC(C3)[C@@H]12. The van der Waals surface area contributed by atoms with Crippen molar-refractivity contribution >= 4 is 5.97 Å². The Balaban J connectivity index is 2.03. The molecule has 3 rings (SSSR count). The molecule has 4 atom stereocenters. The fraction of sp³-hybridized carbons (Fsp3) is 0.667. The van der Waals surface area contributed by atoms with E-state index in [1.54, 1.807) is 0 Å². The predicted molar refractivity (Wildman–Crippen MR) is 38.7 cm³/mol. The molecule has 1 heterocycles. The molecule has 0 aromatic carbocycles. The van der Waals surface area contributed by atoms with Crippen LogP contribution in [0.3, 0.4) is 0 Å². The third kappa shape index (κ3) is 0.561. The van der Waals surface area contributed by atoms with E-state index in [1.165, 1.54) is 6.42 Å². The van der Waals surface area contributed by atoms with Crippen LogP contribution in [0.25, 0.3) is 0 Å². The van der Waals surface area contributed by atoms with E-state index in [0.29, 0.717) is 24.4 Å².